The standard InChI is InChI=1S/C13H15F3N2O2/c14-13(15,16)7-18-12(19)6-20-11-3-1-2-8-9(11)4-5-10(8)17/h1-3,10H,4-7,17H2,(H,18,19). The minimum atomic E-state index is -4.42. The third-order valence-electron chi connectivity index (χ3n) is 3.12. The molecule has 0 spiro atoms. The molecule has 1 unspecified atom stereocenters. The number of nitrogens with one attached hydrogen (secondary N) is 1. The lowest BCUT2D eigenvalue weighted by Gasteiger charge is -2.12. The van der Waals surface area contributed by atoms with E-state index in [4.69, 9.17) is 10.5 Å². The van der Waals surface area contributed by atoms with Gasteiger partial charge in [-0.05, 0) is 30.0 Å². The number of nitrogens with two attached hydrogens (primary N) is 1. The van der Waals surface area contributed by atoms with Crippen LogP contribution in [-0.4, -0.2) is 25.2 Å². The van der Waals surface area contributed by atoms with Crippen molar-refractivity contribution in [2.45, 2.75) is 25.1 Å². The van der Waals surface area contributed by atoms with Crippen molar-refractivity contribution in [3.8, 4) is 5.75 Å². The van der Waals surface area contributed by atoms with Crippen LogP contribution >= 0.6 is 0 Å². The fourth-order valence-corrected chi connectivity index (χ4v) is 2.18. The molecule has 1 aliphatic carbocycles. The van der Waals surface area contributed by atoms with Crippen LogP contribution in [-0.2, 0) is 11.2 Å². The molecule has 1 aromatic rings. The Balaban J connectivity index is 1.91. The minimum absolute atomic E-state index is 0.0485. The van der Waals surface area contributed by atoms with Gasteiger partial charge in [0.05, 0.1) is 0 Å². The summed E-state index contributed by atoms with van der Waals surface area (Å²) in [5.74, 6) is -0.292. The monoisotopic (exact) mass is 288 g/mol. The number of fused-ring (bicyclic) bond motifs is 1. The molecule has 0 fully saturated rings. The highest BCUT2D eigenvalue weighted by molar-refractivity contribution is 5.77. The van der Waals surface area contributed by atoms with Crippen LogP contribution in [0.15, 0.2) is 18.2 Å². The van der Waals surface area contributed by atoms with E-state index in [1.54, 1.807) is 17.4 Å². The highest BCUT2D eigenvalue weighted by Gasteiger charge is 2.28. The van der Waals surface area contributed by atoms with Gasteiger partial charge in [-0.3, -0.25) is 4.79 Å². The first-order valence-corrected chi connectivity index (χ1v) is 6.20. The van der Waals surface area contributed by atoms with E-state index in [0.29, 0.717) is 5.75 Å². The molecule has 0 radical (unpaired) electrons. The topological polar surface area (TPSA) is 64.3 Å². The molecule has 1 aliphatic rings. The molecule has 0 bridgehead atoms. The number of hydrogen-bond donors (Lipinski definition) is 2. The Morgan fingerprint density at radius 1 is 1.45 bits per heavy atom. The normalized spacial score (nSPS) is 17.7. The Morgan fingerprint density at radius 2 is 2.20 bits per heavy atom. The van der Waals surface area contributed by atoms with Gasteiger partial charge < -0.3 is 15.8 Å². The number of halogens is 3. The number of alkyl halides is 3. The van der Waals surface area contributed by atoms with Crippen LogP contribution in [0.4, 0.5) is 13.2 Å². The molecule has 0 saturated heterocycles. The van der Waals surface area contributed by atoms with Crippen LogP contribution in [0.1, 0.15) is 23.6 Å². The van der Waals surface area contributed by atoms with Crippen molar-refractivity contribution >= 4 is 5.91 Å². The van der Waals surface area contributed by atoms with Crippen LogP contribution < -0.4 is 15.8 Å². The van der Waals surface area contributed by atoms with Gasteiger partial charge in [-0.1, -0.05) is 12.1 Å². The molecule has 0 aromatic heterocycles. The molecule has 4 nitrogen and oxygen atoms in total. The first kappa shape index (κ1) is 14.6. The lowest BCUT2D eigenvalue weighted by atomic mass is 10.1. The van der Waals surface area contributed by atoms with E-state index in [0.717, 1.165) is 24.0 Å². The zero-order valence-corrected chi connectivity index (χ0v) is 10.7. The molecule has 110 valence electrons. The summed E-state index contributed by atoms with van der Waals surface area (Å²) in [4.78, 5) is 11.3. The molecular formula is C13H15F3N2O2. The largest absolute Gasteiger partial charge is 0.483 e. The molecule has 7 heteroatoms. The lowest BCUT2D eigenvalue weighted by molar-refractivity contribution is -0.139. The van der Waals surface area contributed by atoms with Crippen molar-refractivity contribution < 1.29 is 22.7 Å². The van der Waals surface area contributed by atoms with Gasteiger partial charge in [-0.15, -0.1) is 0 Å². The summed E-state index contributed by atoms with van der Waals surface area (Å²) in [6.07, 6.45) is -2.87. The maximum absolute atomic E-state index is 11.9. The number of benzene rings is 1. The summed E-state index contributed by atoms with van der Waals surface area (Å²) >= 11 is 0. The van der Waals surface area contributed by atoms with Crippen molar-refractivity contribution in [3.05, 3.63) is 29.3 Å². The zero-order valence-electron chi connectivity index (χ0n) is 10.7. The molecule has 0 saturated carbocycles. The molecule has 2 rings (SSSR count). The Labute approximate surface area is 114 Å². The van der Waals surface area contributed by atoms with Crippen molar-refractivity contribution in [1.29, 1.82) is 0 Å². The smallest absolute Gasteiger partial charge is 0.405 e. The fourth-order valence-electron chi connectivity index (χ4n) is 2.18. The van der Waals surface area contributed by atoms with Crippen LogP contribution in [0, 0.1) is 0 Å². The summed E-state index contributed by atoms with van der Waals surface area (Å²) < 4.78 is 41.1. The Bertz CT molecular complexity index is 503. The van der Waals surface area contributed by atoms with Crippen LogP contribution in [0.5, 0.6) is 5.75 Å². The molecule has 1 aromatic carbocycles. The molecular weight excluding hydrogens is 273 g/mol. The van der Waals surface area contributed by atoms with Crippen LogP contribution in [0.25, 0.3) is 0 Å². The zero-order chi connectivity index (χ0) is 14.8. The van der Waals surface area contributed by atoms with Crippen molar-refractivity contribution in [3.63, 3.8) is 0 Å². The van der Waals surface area contributed by atoms with Gasteiger partial charge in [-0.2, -0.15) is 13.2 Å². The number of rotatable bonds is 4. The van der Waals surface area contributed by atoms with Gasteiger partial charge in [0, 0.05) is 6.04 Å². The highest BCUT2D eigenvalue weighted by Crippen LogP contribution is 2.35. The van der Waals surface area contributed by atoms with E-state index >= 15 is 0 Å². The van der Waals surface area contributed by atoms with Crippen molar-refractivity contribution in [1.82, 2.24) is 5.32 Å². The molecule has 1 amide bonds. The molecule has 1 atom stereocenters. The lowest BCUT2D eigenvalue weighted by Crippen LogP contribution is -2.36. The maximum atomic E-state index is 11.9. The third-order valence-corrected chi connectivity index (χ3v) is 3.12. The molecule has 0 aliphatic heterocycles. The van der Waals surface area contributed by atoms with Crippen LogP contribution in [0.2, 0.25) is 0 Å². The third kappa shape index (κ3) is 3.63. The van der Waals surface area contributed by atoms with Gasteiger partial charge in [0.25, 0.3) is 5.91 Å². The van der Waals surface area contributed by atoms with E-state index in [1.165, 1.54) is 0 Å². The van der Waals surface area contributed by atoms with Gasteiger partial charge in [0.2, 0.25) is 0 Å². The summed E-state index contributed by atoms with van der Waals surface area (Å²) in [5.41, 5.74) is 7.81. The second-order valence-corrected chi connectivity index (χ2v) is 4.65. The van der Waals surface area contributed by atoms with Crippen molar-refractivity contribution in [2.24, 2.45) is 5.73 Å². The van der Waals surface area contributed by atoms with Crippen LogP contribution in [0.3, 0.4) is 0 Å². The van der Waals surface area contributed by atoms with Gasteiger partial charge in [0.1, 0.15) is 12.3 Å². The number of amides is 1. The Hall–Kier alpha value is -1.76. The second kappa shape index (κ2) is 5.70. The average molecular weight is 288 g/mol. The van der Waals surface area contributed by atoms with E-state index in [2.05, 4.69) is 0 Å². The highest BCUT2D eigenvalue weighted by atomic mass is 19.4. The quantitative estimate of drug-likeness (QED) is 0.886. The Kier molecular flexibility index (Phi) is 4.17. The number of ether oxygens (including phenoxy) is 1. The molecule has 0 heterocycles. The average Bonchev–Trinajstić information content (AvgIpc) is 2.76. The summed E-state index contributed by atoms with van der Waals surface area (Å²) in [6, 6.07) is 5.29. The first-order valence-electron chi connectivity index (χ1n) is 6.20. The molecule has 20 heavy (non-hydrogen) atoms. The predicted octanol–water partition coefficient (Wildman–Crippen LogP) is 1.69. The Morgan fingerprint density at radius 3 is 2.90 bits per heavy atom. The number of carbonyl (C=O) groups excluding carboxylic acids is 1. The van der Waals surface area contributed by atoms with Crippen molar-refractivity contribution in [2.75, 3.05) is 13.2 Å². The van der Waals surface area contributed by atoms with Gasteiger partial charge >= 0.3 is 6.18 Å². The summed E-state index contributed by atoms with van der Waals surface area (Å²) in [6.45, 7) is -1.80. The maximum Gasteiger partial charge on any atom is 0.405 e. The van der Waals surface area contributed by atoms with E-state index < -0.39 is 25.2 Å². The SMILES string of the molecule is NC1CCc2c(OCC(=O)NCC(F)(F)F)cccc21. The van der Waals surface area contributed by atoms with Gasteiger partial charge in [-0.25, -0.2) is 0 Å². The van der Waals surface area contributed by atoms with Gasteiger partial charge in [0.15, 0.2) is 6.61 Å². The fraction of sp³-hybridized carbons (Fsp3) is 0.462. The first-order chi connectivity index (χ1) is 9.37. The van der Waals surface area contributed by atoms with E-state index in [1.807, 2.05) is 6.07 Å². The number of carbonyl (C=O) groups is 1. The summed E-state index contributed by atoms with van der Waals surface area (Å²) in [7, 11) is 0. The van der Waals surface area contributed by atoms with E-state index in [9.17, 15) is 18.0 Å². The predicted molar refractivity (Wildman–Crippen MR) is 66.3 cm³/mol. The summed E-state index contributed by atoms with van der Waals surface area (Å²) in [5, 5.41) is 1.76. The number of hydrogen-bond acceptors (Lipinski definition) is 3. The van der Waals surface area contributed by atoms with E-state index in [-0.39, 0.29) is 6.04 Å². The molecule has 3 N–H and O–H groups in total. The second-order valence-electron chi connectivity index (χ2n) is 4.65. The minimum Gasteiger partial charge on any atom is -0.483 e.